The predicted molar refractivity (Wildman–Crippen MR) is 180 cm³/mol. The van der Waals surface area contributed by atoms with Gasteiger partial charge in [-0.15, -0.1) is 0 Å². The van der Waals surface area contributed by atoms with Gasteiger partial charge in [-0.2, -0.15) is 0 Å². The number of benzene rings is 4. The van der Waals surface area contributed by atoms with Gasteiger partial charge in [0.25, 0.3) is 10.0 Å². The van der Waals surface area contributed by atoms with Crippen LogP contribution in [0.1, 0.15) is 22.3 Å². The largest absolute Gasteiger partial charge is 0.493 e. The van der Waals surface area contributed by atoms with Gasteiger partial charge in [-0.3, -0.25) is 13.9 Å². The van der Waals surface area contributed by atoms with Crippen molar-refractivity contribution in [3.05, 3.63) is 118 Å². The lowest BCUT2D eigenvalue weighted by atomic mass is 10.0. The monoisotopic (exact) mass is 663 g/mol. The van der Waals surface area contributed by atoms with Crippen molar-refractivity contribution in [3.63, 3.8) is 0 Å². The number of carbonyl (C=O) groups excluding carboxylic acids is 2. The van der Waals surface area contributed by atoms with Gasteiger partial charge in [0.15, 0.2) is 11.5 Å². The molecule has 46 heavy (non-hydrogen) atoms. The molecule has 1 N–H and O–H groups in total. The molecule has 4 aromatic rings. The van der Waals surface area contributed by atoms with E-state index in [1.54, 1.807) is 36.4 Å². The van der Waals surface area contributed by atoms with E-state index < -0.39 is 28.5 Å². The normalized spacial score (nSPS) is 11.8. The van der Waals surface area contributed by atoms with Gasteiger partial charge < -0.3 is 19.7 Å². The Hall–Kier alpha value is -4.54. The Balaban J connectivity index is 1.84. The maximum Gasteiger partial charge on any atom is 0.264 e. The summed E-state index contributed by atoms with van der Waals surface area (Å²) >= 11 is 6.29. The minimum atomic E-state index is -4.34. The van der Waals surface area contributed by atoms with Crippen molar-refractivity contribution in [1.82, 2.24) is 10.2 Å². The molecular weight excluding hydrogens is 626 g/mol. The third-order valence-corrected chi connectivity index (χ3v) is 9.48. The summed E-state index contributed by atoms with van der Waals surface area (Å²) in [6, 6.07) is 25.0. The van der Waals surface area contributed by atoms with Gasteiger partial charge in [0.1, 0.15) is 12.6 Å². The first-order chi connectivity index (χ1) is 22.0. The summed E-state index contributed by atoms with van der Waals surface area (Å²) in [7, 11) is 0.0437. The van der Waals surface area contributed by atoms with Crippen molar-refractivity contribution >= 4 is 39.1 Å². The zero-order valence-electron chi connectivity index (χ0n) is 26.5. The maximum absolute atomic E-state index is 14.5. The Kier molecular flexibility index (Phi) is 11.3. The molecule has 11 heteroatoms. The van der Waals surface area contributed by atoms with E-state index in [0.717, 1.165) is 21.0 Å². The second kappa shape index (κ2) is 15.2. The van der Waals surface area contributed by atoms with Gasteiger partial charge in [0.05, 0.1) is 24.8 Å². The molecule has 9 nitrogen and oxygen atoms in total. The molecule has 0 bridgehead atoms. The van der Waals surface area contributed by atoms with Gasteiger partial charge in [-0.05, 0) is 72.5 Å². The van der Waals surface area contributed by atoms with Crippen molar-refractivity contribution in [3.8, 4) is 11.5 Å². The fraction of sp³-hybridized carbons (Fsp3) is 0.257. The van der Waals surface area contributed by atoms with Crippen molar-refractivity contribution in [2.45, 2.75) is 37.8 Å². The summed E-state index contributed by atoms with van der Waals surface area (Å²) in [5, 5.41) is 3.15. The molecule has 4 rings (SSSR count). The summed E-state index contributed by atoms with van der Waals surface area (Å²) in [5.74, 6) is -0.384. The van der Waals surface area contributed by atoms with Crippen LogP contribution in [0, 0.1) is 13.8 Å². The third-order valence-electron chi connectivity index (χ3n) is 7.48. The standard InChI is InChI=1S/C35H38ClN3O6S/c1-24-16-25(2)18-29(17-24)39(46(42,43)30-14-15-32(44-4)33(21-30)45-5)23-34(40)38(22-27-12-9-13-28(36)19-27)31(35(41)37-3)20-26-10-7-6-8-11-26/h6-19,21,31H,20,22-23H2,1-5H3,(H,37,41)/t31-/m1/s1. The van der Waals surface area contributed by atoms with Crippen molar-refractivity contribution in [2.24, 2.45) is 0 Å². The number of halogens is 1. The molecule has 0 saturated carbocycles. The molecule has 2 amide bonds. The molecule has 242 valence electrons. The first-order valence-corrected chi connectivity index (χ1v) is 16.4. The average molecular weight is 664 g/mol. The van der Waals surface area contributed by atoms with Gasteiger partial charge in [-0.1, -0.05) is 60.1 Å². The number of rotatable bonds is 13. The molecule has 0 spiro atoms. The number of hydrogen-bond donors (Lipinski definition) is 1. The van der Waals surface area contributed by atoms with Crippen LogP contribution in [0.15, 0.2) is 95.9 Å². The van der Waals surface area contributed by atoms with Crippen LogP contribution in [-0.4, -0.2) is 59.0 Å². The smallest absolute Gasteiger partial charge is 0.264 e. The number of nitrogens with zero attached hydrogens (tertiary/aromatic N) is 2. The lowest BCUT2D eigenvalue weighted by molar-refractivity contribution is -0.139. The van der Waals surface area contributed by atoms with Crippen LogP contribution in [0.4, 0.5) is 5.69 Å². The molecule has 0 aliphatic heterocycles. The lowest BCUT2D eigenvalue weighted by Crippen LogP contribution is -2.53. The summed E-state index contributed by atoms with van der Waals surface area (Å²) in [6.07, 6.45) is 0.207. The Bertz CT molecular complexity index is 1780. The molecule has 4 aromatic carbocycles. The van der Waals surface area contributed by atoms with E-state index in [9.17, 15) is 18.0 Å². The summed E-state index contributed by atoms with van der Waals surface area (Å²) in [4.78, 5) is 29.2. The van der Waals surface area contributed by atoms with E-state index in [-0.39, 0.29) is 29.5 Å². The topological polar surface area (TPSA) is 105 Å². The van der Waals surface area contributed by atoms with E-state index in [2.05, 4.69) is 5.32 Å². The molecular formula is C35H38ClN3O6S. The number of likely N-dealkylation sites (N-methyl/N-ethyl adjacent to an activating group) is 1. The van der Waals surface area contributed by atoms with Crippen LogP contribution in [0.5, 0.6) is 11.5 Å². The first-order valence-electron chi connectivity index (χ1n) is 14.6. The number of sulfonamides is 1. The highest BCUT2D eigenvalue weighted by atomic mass is 35.5. The molecule has 1 atom stereocenters. The van der Waals surface area contributed by atoms with Gasteiger partial charge in [0, 0.05) is 31.1 Å². The fourth-order valence-electron chi connectivity index (χ4n) is 5.28. The van der Waals surface area contributed by atoms with Crippen LogP contribution in [0.25, 0.3) is 0 Å². The molecule has 0 unspecified atom stereocenters. The van der Waals surface area contributed by atoms with Crippen LogP contribution in [0.2, 0.25) is 5.02 Å². The molecule has 0 aliphatic rings. The van der Waals surface area contributed by atoms with Crippen molar-refractivity contribution in [1.29, 1.82) is 0 Å². The minimum absolute atomic E-state index is 0.0153. The van der Waals surface area contributed by atoms with Crippen LogP contribution in [-0.2, 0) is 32.6 Å². The molecule has 0 aromatic heterocycles. The first kappa shape index (κ1) is 34.3. The quantitative estimate of drug-likeness (QED) is 0.201. The highest BCUT2D eigenvalue weighted by Gasteiger charge is 2.35. The van der Waals surface area contributed by atoms with Crippen LogP contribution in [0.3, 0.4) is 0 Å². The SMILES string of the molecule is CNC(=O)[C@@H](Cc1ccccc1)N(Cc1cccc(Cl)c1)C(=O)CN(c1cc(C)cc(C)c1)S(=O)(=O)c1ccc(OC)c(OC)c1. The summed E-state index contributed by atoms with van der Waals surface area (Å²) < 4.78 is 40.6. The van der Waals surface area contributed by atoms with Crippen molar-refractivity contribution in [2.75, 3.05) is 32.1 Å². The molecule has 0 fully saturated rings. The number of nitrogens with one attached hydrogen (secondary N) is 1. The number of amides is 2. The van der Waals surface area contributed by atoms with E-state index in [4.69, 9.17) is 21.1 Å². The second-order valence-corrected chi connectivity index (χ2v) is 13.1. The van der Waals surface area contributed by atoms with Gasteiger partial charge in [-0.25, -0.2) is 8.42 Å². The zero-order chi connectivity index (χ0) is 33.4. The molecule has 0 aliphatic carbocycles. The predicted octanol–water partition coefficient (Wildman–Crippen LogP) is 5.56. The number of anilines is 1. The highest BCUT2D eigenvalue weighted by molar-refractivity contribution is 7.92. The maximum atomic E-state index is 14.5. The third kappa shape index (κ3) is 8.18. The van der Waals surface area contributed by atoms with E-state index in [0.29, 0.717) is 22.0 Å². The van der Waals surface area contributed by atoms with E-state index in [1.807, 2.05) is 50.2 Å². The van der Waals surface area contributed by atoms with E-state index >= 15 is 0 Å². The zero-order valence-corrected chi connectivity index (χ0v) is 28.1. The minimum Gasteiger partial charge on any atom is -0.493 e. The van der Waals surface area contributed by atoms with E-state index in [1.165, 1.54) is 44.4 Å². The Morgan fingerprint density at radius 3 is 2.09 bits per heavy atom. The number of methoxy groups -OCH3 is 2. The highest BCUT2D eigenvalue weighted by Crippen LogP contribution is 2.33. The Morgan fingerprint density at radius 1 is 0.826 bits per heavy atom. The Labute approximate surface area is 275 Å². The number of ether oxygens (including phenoxy) is 2. The summed E-state index contributed by atoms with van der Waals surface area (Å²) in [5.41, 5.74) is 3.46. The van der Waals surface area contributed by atoms with Crippen molar-refractivity contribution < 1.29 is 27.5 Å². The number of aryl methyl sites for hydroxylation is 2. The summed E-state index contributed by atoms with van der Waals surface area (Å²) in [6.45, 7) is 3.14. The molecule has 0 radical (unpaired) electrons. The van der Waals surface area contributed by atoms with Crippen LogP contribution >= 0.6 is 11.6 Å². The number of hydrogen-bond acceptors (Lipinski definition) is 6. The molecule has 0 saturated heterocycles. The van der Waals surface area contributed by atoms with Gasteiger partial charge >= 0.3 is 0 Å². The lowest BCUT2D eigenvalue weighted by Gasteiger charge is -2.33. The van der Waals surface area contributed by atoms with Crippen LogP contribution < -0.4 is 19.1 Å². The molecule has 0 heterocycles. The fourth-order valence-corrected chi connectivity index (χ4v) is 6.91. The average Bonchev–Trinajstić information content (AvgIpc) is 3.04. The second-order valence-electron chi connectivity index (χ2n) is 10.8. The Morgan fingerprint density at radius 2 is 1.48 bits per heavy atom. The van der Waals surface area contributed by atoms with Gasteiger partial charge in [0.2, 0.25) is 11.8 Å². The number of carbonyl (C=O) groups is 2.